The monoisotopic (exact) mass is 356 g/mol. The number of rotatable bonds is 4. The summed E-state index contributed by atoms with van der Waals surface area (Å²) in [6.45, 7) is 6.76. The van der Waals surface area contributed by atoms with E-state index in [0.29, 0.717) is 6.04 Å². The van der Waals surface area contributed by atoms with E-state index in [2.05, 4.69) is 47.5 Å². The van der Waals surface area contributed by atoms with Crippen LogP contribution in [0.25, 0.3) is 10.8 Å². The first kappa shape index (κ1) is 20.0. The Morgan fingerprint density at radius 1 is 1.04 bits per heavy atom. The van der Waals surface area contributed by atoms with Crippen molar-refractivity contribution in [2.24, 2.45) is 0 Å². The summed E-state index contributed by atoms with van der Waals surface area (Å²) in [7, 11) is 1.72. The Morgan fingerprint density at radius 3 is 2.35 bits per heavy atom. The van der Waals surface area contributed by atoms with E-state index in [-0.39, 0.29) is 24.8 Å². The molecule has 0 bridgehead atoms. The minimum atomic E-state index is 0. The summed E-state index contributed by atoms with van der Waals surface area (Å²) in [4.78, 5) is 2.60. The first-order valence-corrected chi connectivity index (χ1v) is 7.84. The first-order chi connectivity index (χ1) is 10.3. The average Bonchev–Trinajstić information content (AvgIpc) is 2.56. The van der Waals surface area contributed by atoms with E-state index in [9.17, 15) is 0 Å². The Morgan fingerprint density at radius 2 is 1.70 bits per heavy atom. The molecule has 23 heavy (non-hydrogen) atoms. The number of halogens is 2. The lowest BCUT2D eigenvalue weighted by molar-refractivity contribution is 0.169. The van der Waals surface area contributed by atoms with Gasteiger partial charge in [-0.3, -0.25) is 4.90 Å². The van der Waals surface area contributed by atoms with Crippen molar-refractivity contribution in [2.75, 3.05) is 33.3 Å². The van der Waals surface area contributed by atoms with Gasteiger partial charge in [0.05, 0.1) is 7.11 Å². The summed E-state index contributed by atoms with van der Waals surface area (Å²) in [6, 6.07) is 13.7. The van der Waals surface area contributed by atoms with E-state index in [0.717, 1.165) is 38.3 Å². The van der Waals surface area contributed by atoms with Crippen LogP contribution in [-0.2, 0) is 0 Å². The predicted molar refractivity (Wildman–Crippen MR) is 102 cm³/mol. The normalized spacial score (nSPS) is 16.3. The third kappa shape index (κ3) is 4.51. The molecule has 1 heterocycles. The highest BCUT2D eigenvalue weighted by Gasteiger charge is 2.20. The maximum atomic E-state index is 5.30. The molecule has 0 spiro atoms. The zero-order valence-corrected chi connectivity index (χ0v) is 15.4. The number of benzene rings is 2. The molecule has 0 unspecified atom stereocenters. The van der Waals surface area contributed by atoms with Crippen molar-refractivity contribution in [1.82, 2.24) is 10.2 Å². The largest absolute Gasteiger partial charge is 0.497 e. The number of nitrogens with one attached hydrogen (secondary N) is 1. The van der Waals surface area contributed by atoms with Crippen LogP contribution in [0.2, 0.25) is 0 Å². The minimum absolute atomic E-state index is 0. The molecule has 1 fully saturated rings. The maximum absolute atomic E-state index is 5.30. The Bertz CT molecular complexity index is 615. The van der Waals surface area contributed by atoms with Crippen LogP contribution >= 0.6 is 24.8 Å². The van der Waals surface area contributed by atoms with Gasteiger partial charge in [-0.1, -0.05) is 25.1 Å². The topological polar surface area (TPSA) is 24.5 Å². The molecular weight excluding hydrogens is 331 g/mol. The molecule has 5 heteroatoms. The Labute approximate surface area is 151 Å². The second-order valence-electron chi connectivity index (χ2n) is 5.68. The smallest absolute Gasteiger partial charge is 0.119 e. The van der Waals surface area contributed by atoms with Crippen LogP contribution in [0.1, 0.15) is 24.9 Å². The van der Waals surface area contributed by atoms with Crippen LogP contribution in [-0.4, -0.2) is 38.2 Å². The minimum Gasteiger partial charge on any atom is -0.497 e. The molecule has 0 aromatic heterocycles. The Hall–Kier alpha value is -1.000. The fraction of sp³-hybridized carbons (Fsp3) is 0.444. The standard InChI is InChI=1S/C18H24N2O.2ClH/c1-3-18(20-10-8-19-9-11-20)16-5-4-15-13-17(21-2)7-6-14(15)12-16;;/h4-7,12-13,18-19H,3,8-11H2,1-2H3;2*1H/t18-;;/m0../s1. The van der Waals surface area contributed by atoms with Crippen LogP contribution in [0.15, 0.2) is 36.4 Å². The average molecular weight is 357 g/mol. The zero-order valence-electron chi connectivity index (χ0n) is 13.7. The molecule has 3 nitrogen and oxygen atoms in total. The zero-order chi connectivity index (χ0) is 14.7. The van der Waals surface area contributed by atoms with Crippen molar-refractivity contribution in [1.29, 1.82) is 0 Å². The number of ether oxygens (including phenoxy) is 1. The second-order valence-corrected chi connectivity index (χ2v) is 5.68. The van der Waals surface area contributed by atoms with E-state index in [1.54, 1.807) is 7.11 Å². The summed E-state index contributed by atoms with van der Waals surface area (Å²) >= 11 is 0. The summed E-state index contributed by atoms with van der Waals surface area (Å²) in [5, 5.41) is 5.97. The maximum Gasteiger partial charge on any atom is 0.119 e. The predicted octanol–water partition coefficient (Wildman–Crippen LogP) is 4.05. The van der Waals surface area contributed by atoms with Crippen molar-refractivity contribution in [3.63, 3.8) is 0 Å². The number of fused-ring (bicyclic) bond motifs is 1. The third-order valence-electron chi connectivity index (χ3n) is 4.44. The molecule has 1 aliphatic heterocycles. The van der Waals surface area contributed by atoms with Crippen LogP contribution in [0, 0.1) is 0 Å². The fourth-order valence-corrected chi connectivity index (χ4v) is 3.28. The Kier molecular flexibility index (Phi) is 8.13. The quantitative estimate of drug-likeness (QED) is 0.894. The molecule has 2 aromatic rings. The van der Waals surface area contributed by atoms with E-state index in [1.165, 1.54) is 16.3 Å². The summed E-state index contributed by atoms with van der Waals surface area (Å²) in [5.41, 5.74) is 1.43. The van der Waals surface area contributed by atoms with Crippen LogP contribution < -0.4 is 10.1 Å². The summed E-state index contributed by atoms with van der Waals surface area (Å²) in [6.07, 6.45) is 1.15. The molecule has 2 aromatic carbocycles. The SMILES string of the molecule is CC[C@@H](c1ccc2cc(OC)ccc2c1)N1CCNCC1.Cl.Cl. The lowest BCUT2D eigenvalue weighted by Gasteiger charge is -2.34. The molecule has 0 saturated carbocycles. The van der Waals surface area contributed by atoms with Gasteiger partial charge in [0.2, 0.25) is 0 Å². The van der Waals surface area contributed by atoms with Crippen molar-refractivity contribution < 1.29 is 4.74 Å². The van der Waals surface area contributed by atoms with Gasteiger partial charge in [-0.15, -0.1) is 24.8 Å². The summed E-state index contributed by atoms with van der Waals surface area (Å²) < 4.78 is 5.30. The number of methoxy groups -OCH3 is 1. The van der Waals surface area contributed by atoms with Gasteiger partial charge in [-0.2, -0.15) is 0 Å². The number of piperazine rings is 1. The molecular formula is C18H26Cl2N2O. The first-order valence-electron chi connectivity index (χ1n) is 7.84. The number of hydrogen-bond donors (Lipinski definition) is 1. The van der Waals surface area contributed by atoms with E-state index in [4.69, 9.17) is 4.74 Å². The van der Waals surface area contributed by atoms with Gasteiger partial charge in [-0.25, -0.2) is 0 Å². The van der Waals surface area contributed by atoms with Crippen LogP contribution in [0.4, 0.5) is 0 Å². The molecule has 0 radical (unpaired) electrons. The van der Waals surface area contributed by atoms with Gasteiger partial charge < -0.3 is 10.1 Å². The second kappa shape index (κ2) is 9.33. The lowest BCUT2D eigenvalue weighted by Crippen LogP contribution is -2.45. The molecule has 0 amide bonds. The van der Waals surface area contributed by atoms with Crippen molar-refractivity contribution in [2.45, 2.75) is 19.4 Å². The summed E-state index contributed by atoms with van der Waals surface area (Å²) in [5.74, 6) is 0.921. The fourth-order valence-electron chi connectivity index (χ4n) is 3.28. The van der Waals surface area contributed by atoms with Crippen LogP contribution in [0.3, 0.4) is 0 Å². The molecule has 0 aliphatic carbocycles. The molecule has 1 atom stereocenters. The molecule has 128 valence electrons. The molecule has 1 saturated heterocycles. The van der Waals surface area contributed by atoms with Gasteiger partial charge in [-0.05, 0) is 41.0 Å². The highest BCUT2D eigenvalue weighted by molar-refractivity contribution is 5.86. The highest BCUT2D eigenvalue weighted by Crippen LogP contribution is 2.29. The third-order valence-corrected chi connectivity index (χ3v) is 4.44. The molecule has 3 rings (SSSR count). The molecule has 1 N–H and O–H groups in total. The van der Waals surface area contributed by atoms with Crippen LogP contribution in [0.5, 0.6) is 5.75 Å². The van der Waals surface area contributed by atoms with E-state index >= 15 is 0 Å². The number of hydrogen-bond acceptors (Lipinski definition) is 3. The highest BCUT2D eigenvalue weighted by atomic mass is 35.5. The lowest BCUT2D eigenvalue weighted by atomic mass is 9.98. The van der Waals surface area contributed by atoms with E-state index < -0.39 is 0 Å². The van der Waals surface area contributed by atoms with Gasteiger partial charge in [0.1, 0.15) is 5.75 Å². The van der Waals surface area contributed by atoms with Crippen molar-refractivity contribution in [3.8, 4) is 5.75 Å². The van der Waals surface area contributed by atoms with Gasteiger partial charge in [0.15, 0.2) is 0 Å². The van der Waals surface area contributed by atoms with Crippen molar-refractivity contribution in [3.05, 3.63) is 42.0 Å². The van der Waals surface area contributed by atoms with Gasteiger partial charge in [0, 0.05) is 32.2 Å². The van der Waals surface area contributed by atoms with Gasteiger partial charge in [0.25, 0.3) is 0 Å². The number of nitrogens with zero attached hydrogens (tertiary/aromatic N) is 1. The van der Waals surface area contributed by atoms with Crippen molar-refractivity contribution >= 4 is 35.6 Å². The van der Waals surface area contributed by atoms with Gasteiger partial charge >= 0.3 is 0 Å². The van der Waals surface area contributed by atoms with E-state index in [1.807, 2.05) is 6.07 Å². The Balaban J connectivity index is 0.00000132. The molecule has 1 aliphatic rings.